The van der Waals surface area contributed by atoms with Crippen LogP contribution in [0, 0.1) is 11.3 Å². The Balaban J connectivity index is 3.46. The van der Waals surface area contributed by atoms with Gasteiger partial charge >= 0.3 is 0 Å². The summed E-state index contributed by atoms with van der Waals surface area (Å²) in [7, 11) is 0. The minimum Gasteiger partial charge on any atom is -0.316 e. The molecule has 0 bridgehead atoms. The van der Waals surface area contributed by atoms with Crippen LogP contribution >= 0.6 is 0 Å². The predicted octanol–water partition coefficient (Wildman–Crippen LogP) is 3.06. The maximum atomic E-state index is 3.51. The average Bonchev–Trinajstić information content (AvgIpc) is 1.85. The molecule has 1 nitrogen and oxygen atoms in total. The summed E-state index contributed by atoms with van der Waals surface area (Å²) in [6.07, 6.45) is 2.61. The maximum absolute atomic E-state index is 3.51. The van der Waals surface area contributed by atoms with Crippen molar-refractivity contribution in [1.29, 1.82) is 0 Å². The molecule has 0 heterocycles. The highest BCUT2D eigenvalue weighted by Crippen LogP contribution is 2.20. The lowest BCUT2D eigenvalue weighted by atomic mass is 9.88. The van der Waals surface area contributed by atoms with E-state index < -0.39 is 0 Å². The van der Waals surface area contributed by atoms with E-state index in [0.717, 1.165) is 19.0 Å². The molecule has 0 atom stereocenters. The zero-order valence-corrected chi connectivity index (χ0v) is 9.41. The molecule has 1 heteroatoms. The third-order valence-electron chi connectivity index (χ3n) is 2.08. The van der Waals surface area contributed by atoms with Crippen molar-refractivity contribution in [2.24, 2.45) is 11.3 Å². The number of nitrogens with one attached hydrogen (secondary N) is 1. The van der Waals surface area contributed by atoms with Gasteiger partial charge in [0.1, 0.15) is 0 Å². The Morgan fingerprint density at radius 3 is 2.25 bits per heavy atom. The van der Waals surface area contributed by atoms with Gasteiger partial charge in [0.15, 0.2) is 0 Å². The molecule has 0 radical (unpaired) electrons. The first-order chi connectivity index (χ1) is 5.48. The number of hydrogen-bond donors (Lipinski definition) is 1. The molecule has 0 saturated heterocycles. The van der Waals surface area contributed by atoms with Crippen molar-refractivity contribution in [3.8, 4) is 0 Å². The van der Waals surface area contributed by atoms with Crippen LogP contribution in [0.25, 0.3) is 0 Å². The van der Waals surface area contributed by atoms with Gasteiger partial charge in [-0.05, 0) is 24.3 Å². The molecule has 0 aromatic heterocycles. The average molecular weight is 171 g/mol. The first kappa shape index (κ1) is 12.0. The lowest BCUT2D eigenvalue weighted by Crippen LogP contribution is -2.31. The maximum Gasteiger partial charge on any atom is 0.000263 e. The van der Waals surface area contributed by atoms with Gasteiger partial charge in [-0.25, -0.2) is 0 Å². The third-order valence-corrected chi connectivity index (χ3v) is 2.08. The molecule has 74 valence electrons. The summed E-state index contributed by atoms with van der Waals surface area (Å²) in [5.41, 5.74) is 0.476. The summed E-state index contributed by atoms with van der Waals surface area (Å²) in [5.74, 6) is 0.766. The van der Waals surface area contributed by atoms with Crippen molar-refractivity contribution < 1.29 is 0 Å². The standard InChI is InChI=1S/C11H25N/c1-6-7-11(4,5)9-12-8-10(2)3/h10,12H,6-9H2,1-5H3. The number of hydrogen-bond acceptors (Lipinski definition) is 1. The Morgan fingerprint density at radius 2 is 1.83 bits per heavy atom. The molecule has 0 aliphatic heterocycles. The van der Waals surface area contributed by atoms with Gasteiger partial charge in [0, 0.05) is 6.54 Å². The largest absolute Gasteiger partial charge is 0.316 e. The van der Waals surface area contributed by atoms with E-state index in [2.05, 4.69) is 39.9 Å². The van der Waals surface area contributed by atoms with Crippen molar-refractivity contribution in [2.45, 2.75) is 47.5 Å². The first-order valence-corrected chi connectivity index (χ1v) is 5.18. The molecular formula is C11H25N. The predicted molar refractivity (Wildman–Crippen MR) is 56.4 cm³/mol. The van der Waals surface area contributed by atoms with Crippen molar-refractivity contribution >= 4 is 0 Å². The van der Waals surface area contributed by atoms with Crippen LogP contribution in [0.1, 0.15) is 47.5 Å². The molecule has 12 heavy (non-hydrogen) atoms. The van der Waals surface area contributed by atoms with E-state index in [1.54, 1.807) is 0 Å². The van der Waals surface area contributed by atoms with E-state index in [1.807, 2.05) is 0 Å². The molecular weight excluding hydrogens is 146 g/mol. The van der Waals surface area contributed by atoms with Crippen LogP contribution in [-0.4, -0.2) is 13.1 Å². The summed E-state index contributed by atoms with van der Waals surface area (Å²) >= 11 is 0. The summed E-state index contributed by atoms with van der Waals surface area (Å²) in [6, 6.07) is 0. The number of rotatable bonds is 6. The van der Waals surface area contributed by atoms with Crippen molar-refractivity contribution in [1.82, 2.24) is 5.32 Å². The van der Waals surface area contributed by atoms with E-state index >= 15 is 0 Å². The fraction of sp³-hybridized carbons (Fsp3) is 1.00. The summed E-state index contributed by atoms with van der Waals surface area (Å²) in [5, 5.41) is 3.51. The lowest BCUT2D eigenvalue weighted by molar-refractivity contribution is 0.305. The monoisotopic (exact) mass is 171 g/mol. The fourth-order valence-corrected chi connectivity index (χ4v) is 1.46. The Morgan fingerprint density at radius 1 is 1.25 bits per heavy atom. The molecule has 0 aliphatic rings. The Bertz CT molecular complexity index is 106. The van der Waals surface area contributed by atoms with E-state index in [4.69, 9.17) is 0 Å². The molecule has 0 aromatic rings. The molecule has 0 spiro atoms. The van der Waals surface area contributed by atoms with Gasteiger partial charge in [-0.1, -0.05) is 41.0 Å². The van der Waals surface area contributed by atoms with Gasteiger partial charge < -0.3 is 5.32 Å². The quantitative estimate of drug-likeness (QED) is 0.647. The smallest absolute Gasteiger partial charge is 0.000263 e. The molecule has 0 amide bonds. The molecule has 0 fully saturated rings. The minimum atomic E-state index is 0.476. The van der Waals surface area contributed by atoms with Gasteiger partial charge in [-0.3, -0.25) is 0 Å². The molecule has 0 saturated carbocycles. The van der Waals surface area contributed by atoms with Crippen LogP contribution in [0.15, 0.2) is 0 Å². The second kappa shape index (κ2) is 5.58. The van der Waals surface area contributed by atoms with Crippen LogP contribution in [-0.2, 0) is 0 Å². The second-order valence-corrected chi connectivity index (χ2v) is 4.94. The minimum absolute atomic E-state index is 0.476. The van der Waals surface area contributed by atoms with Crippen LogP contribution in [0.2, 0.25) is 0 Å². The topological polar surface area (TPSA) is 12.0 Å². The summed E-state index contributed by atoms with van der Waals surface area (Å²) < 4.78 is 0. The van der Waals surface area contributed by atoms with Crippen LogP contribution in [0.4, 0.5) is 0 Å². The highest BCUT2D eigenvalue weighted by Gasteiger charge is 2.15. The van der Waals surface area contributed by atoms with E-state index in [1.165, 1.54) is 12.8 Å². The molecule has 0 rings (SSSR count). The Labute approximate surface area is 77.9 Å². The van der Waals surface area contributed by atoms with Gasteiger partial charge in [0.2, 0.25) is 0 Å². The normalized spacial score (nSPS) is 12.5. The van der Waals surface area contributed by atoms with Gasteiger partial charge in [0.05, 0.1) is 0 Å². The first-order valence-electron chi connectivity index (χ1n) is 5.18. The Hall–Kier alpha value is -0.0400. The lowest BCUT2D eigenvalue weighted by Gasteiger charge is -2.24. The van der Waals surface area contributed by atoms with Crippen LogP contribution in [0.3, 0.4) is 0 Å². The van der Waals surface area contributed by atoms with Crippen LogP contribution < -0.4 is 5.32 Å². The van der Waals surface area contributed by atoms with E-state index in [0.29, 0.717) is 5.41 Å². The van der Waals surface area contributed by atoms with Gasteiger partial charge in [-0.15, -0.1) is 0 Å². The zero-order chi connectivity index (χ0) is 9.61. The SMILES string of the molecule is CCCC(C)(C)CNCC(C)C. The molecule has 0 aromatic carbocycles. The van der Waals surface area contributed by atoms with Gasteiger partial charge in [0.25, 0.3) is 0 Å². The Kier molecular flexibility index (Phi) is 5.56. The van der Waals surface area contributed by atoms with Crippen molar-refractivity contribution in [3.05, 3.63) is 0 Å². The zero-order valence-electron chi connectivity index (χ0n) is 9.41. The highest BCUT2D eigenvalue weighted by molar-refractivity contribution is 4.70. The second-order valence-electron chi connectivity index (χ2n) is 4.94. The van der Waals surface area contributed by atoms with Crippen molar-refractivity contribution in [3.63, 3.8) is 0 Å². The summed E-state index contributed by atoms with van der Waals surface area (Å²) in [6.45, 7) is 13.7. The fourth-order valence-electron chi connectivity index (χ4n) is 1.46. The van der Waals surface area contributed by atoms with Crippen LogP contribution in [0.5, 0.6) is 0 Å². The molecule has 0 aliphatic carbocycles. The van der Waals surface area contributed by atoms with E-state index in [9.17, 15) is 0 Å². The molecule has 1 N–H and O–H groups in total. The van der Waals surface area contributed by atoms with Crippen molar-refractivity contribution in [2.75, 3.05) is 13.1 Å². The third kappa shape index (κ3) is 6.66. The van der Waals surface area contributed by atoms with E-state index in [-0.39, 0.29) is 0 Å². The summed E-state index contributed by atoms with van der Waals surface area (Å²) in [4.78, 5) is 0. The van der Waals surface area contributed by atoms with Gasteiger partial charge in [-0.2, -0.15) is 0 Å². The highest BCUT2D eigenvalue weighted by atomic mass is 14.9. The molecule has 0 unspecified atom stereocenters.